The SMILES string of the molecule is O=C(CNS(=O)(=O)c1ccccc1-c1cc(C(F)(F)F)ccc1Cl)NCc1cccnc1. The molecule has 0 aliphatic rings. The lowest BCUT2D eigenvalue weighted by Gasteiger charge is -2.15. The fraction of sp³-hybridized carbons (Fsp3) is 0.143. The monoisotopic (exact) mass is 483 g/mol. The number of alkyl halides is 3. The average molecular weight is 484 g/mol. The molecular formula is C21H17ClF3N3O3S. The Kier molecular flexibility index (Phi) is 7.17. The van der Waals surface area contributed by atoms with Crippen molar-refractivity contribution in [1.82, 2.24) is 15.0 Å². The first-order chi connectivity index (χ1) is 15.1. The third-order valence-electron chi connectivity index (χ3n) is 4.40. The van der Waals surface area contributed by atoms with Crippen molar-refractivity contribution < 1.29 is 26.4 Å². The zero-order valence-corrected chi connectivity index (χ0v) is 17.9. The summed E-state index contributed by atoms with van der Waals surface area (Å²) in [7, 11) is -4.25. The average Bonchev–Trinajstić information content (AvgIpc) is 2.76. The van der Waals surface area contributed by atoms with Gasteiger partial charge in [0.15, 0.2) is 0 Å². The number of pyridine rings is 1. The molecule has 0 saturated heterocycles. The first kappa shape index (κ1) is 23.7. The number of hydrogen-bond acceptors (Lipinski definition) is 4. The fourth-order valence-electron chi connectivity index (χ4n) is 2.84. The van der Waals surface area contributed by atoms with Gasteiger partial charge in [-0.05, 0) is 35.9 Å². The summed E-state index contributed by atoms with van der Waals surface area (Å²) < 4.78 is 67.2. The van der Waals surface area contributed by atoms with Crippen LogP contribution in [-0.2, 0) is 27.5 Å². The van der Waals surface area contributed by atoms with Gasteiger partial charge in [-0.15, -0.1) is 0 Å². The first-order valence-electron chi connectivity index (χ1n) is 9.19. The maximum Gasteiger partial charge on any atom is 0.416 e. The molecule has 0 bridgehead atoms. The second-order valence-corrected chi connectivity index (χ2v) is 8.79. The molecule has 6 nitrogen and oxygen atoms in total. The van der Waals surface area contributed by atoms with Gasteiger partial charge in [-0.1, -0.05) is 35.9 Å². The molecule has 2 aromatic carbocycles. The molecule has 1 aromatic heterocycles. The minimum Gasteiger partial charge on any atom is -0.351 e. The summed E-state index contributed by atoms with van der Waals surface area (Å²) in [6.07, 6.45) is -1.50. The number of benzene rings is 2. The Morgan fingerprint density at radius 1 is 1.03 bits per heavy atom. The van der Waals surface area contributed by atoms with Crippen molar-refractivity contribution in [3.8, 4) is 11.1 Å². The Morgan fingerprint density at radius 3 is 2.47 bits per heavy atom. The van der Waals surface area contributed by atoms with Crippen LogP contribution in [-0.4, -0.2) is 25.9 Å². The lowest BCUT2D eigenvalue weighted by Crippen LogP contribution is -2.36. The molecule has 32 heavy (non-hydrogen) atoms. The minimum atomic E-state index is -4.63. The highest BCUT2D eigenvalue weighted by Crippen LogP contribution is 2.38. The van der Waals surface area contributed by atoms with E-state index in [1.807, 2.05) is 0 Å². The van der Waals surface area contributed by atoms with Gasteiger partial charge in [0.1, 0.15) is 0 Å². The summed E-state index contributed by atoms with van der Waals surface area (Å²) in [5, 5.41) is 2.50. The van der Waals surface area contributed by atoms with Crippen LogP contribution in [0, 0.1) is 0 Å². The van der Waals surface area contributed by atoms with Crippen molar-refractivity contribution in [2.24, 2.45) is 0 Å². The van der Waals surface area contributed by atoms with Crippen LogP contribution >= 0.6 is 11.6 Å². The molecule has 0 aliphatic heterocycles. The van der Waals surface area contributed by atoms with Crippen LogP contribution in [0.5, 0.6) is 0 Å². The van der Waals surface area contributed by atoms with Crippen LogP contribution in [0.1, 0.15) is 11.1 Å². The fourth-order valence-corrected chi connectivity index (χ4v) is 4.26. The molecule has 168 valence electrons. The standard InChI is InChI=1S/C21H17ClF3N3O3S/c22-18-8-7-15(21(23,24)25)10-17(18)16-5-1-2-6-19(16)32(30,31)28-13-20(29)27-12-14-4-3-9-26-11-14/h1-11,28H,12-13H2,(H,27,29). The van der Waals surface area contributed by atoms with Crippen LogP contribution in [0.15, 0.2) is 71.9 Å². The van der Waals surface area contributed by atoms with E-state index in [9.17, 15) is 26.4 Å². The van der Waals surface area contributed by atoms with E-state index in [1.165, 1.54) is 24.3 Å². The normalized spacial score (nSPS) is 11.9. The predicted octanol–water partition coefficient (Wildman–Crippen LogP) is 4.02. The second kappa shape index (κ2) is 9.68. The zero-order chi connectivity index (χ0) is 23.4. The van der Waals surface area contributed by atoms with Crippen molar-refractivity contribution in [3.63, 3.8) is 0 Å². The minimum absolute atomic E-state index is 0.0214. The van der Waals surface area contributed by atoms with E-state index in [2.05, 4.69) is 15.0 Å². The summed E-state index contributed by atoms with van der Waals surface area (Å²) in [6.45, 7) is -0.405. The number of nitrogens with zero attached hydrogens (tertiary/aromatic N) is 1. The molecule has 2 N–H and O–H groups in total. The quantitative estimate of drug-likeness (QED) is 0.531. The summed E-state index contributed by atoms with van der Waals surface area (Å²) in [5.41, 5.74) is -0.351. The molecule has 0 spiro atoms. The van der Waals surface area contributed by atoms with Crippen LogP contribution in [0.2, 0.25) is 5.02 Å². The van der Waals surface area contributed by atoms with E-state index in [-0.39, 0.29) is 27.6 Å². The molecule has 3 aromatic rings. The number of rotatable bonds is 7. The molecule has 0 fully saturated rings. The molecule has 0 atom stereocenters. The van der Waals surface area contributed by atoms with Crippen molar-refractivity contribution in [1.29, 1.82) is 0 Å². The van der Waals surface area contributed by atoms with Gasteiger partial charge in [0.2, 0.25) is 15.9 Å². The van der Waals surface area contributed by atoms with Crippen molar-refractivity contribution in [3.05, 3.63) is 83.1 Å². The lowest BCUT2D eigenvalue weighted by molar-refractivity contribution is -0.137. The van der Waals surface area contributed by atoms with Gasteiger partial charge in [-0.25, -0.2) is 13.1 Å². The van der Waals surface area contributed by atoms with E-state index in [0.29, 0.717) is 0 Å². The number of halogens is 4. The predicted molar refractivity (Wildman–Crippen MR) is 113 cm³/mol. The highest BCUT2D eigenvalue weighted by atomic mass is 35.5. The van der Waals surface area contributed by atoms with Gasteiger partial charge in [0.05, 0.1) is 17.0 Å². The third kappa shape index (κ3) is 5.84. The smallest absolute Gasteiger partial charge is 0.351 e. The highest BCUT2D eigenvalue weighted by molar-refractivity contribution is 7.89. The van der Waals surface area contributed by atoms with E-state index >= 15 is 0 Å². The van der Waals surface area contributed by atoms with E-state index in [0.717, 1.165) is 23.8 Å². The van der Waals surface area contributed by atoms with Crippen LogP contribution in [0.3, 0.4) is 0 Å². The summed E-state index contributed by atoms with van der Waals surface area (Å²) in [6, 6.07) is 11.6. The van der Waals surface area contributed by atoms with Gasteiger partial charge in [0.25, 0.3) is 0 Å². The number of hydrogen-bond donors (Lipinski definition) is 2. The topological polar surface area (TPSA) is 88.2 Å². The van der Waals surface area contributed by atoms with E-state index in [1.54, 1.807) is 24.5 Å². The molecule has 0 unspecified atom stereocenters. The van der Waals surface area contributed by atoms with Crippen LogP contribution in [0.25, 0.3) is 11.1 Å². The maximum atomic E-state index is 13.1. The number of sulfonamides is 1. The van der Waals surface area contributed by atoms with Crippen molar-refractivity contribution >= 4 is 27.5 Å². The van der Waals surface area contributed by atoms with E-state index in [4.69, 9.17) is 11.6 Å². The third-order valence-corrected chi connectivity index (χ3v) is 6.18. The molecule has 0 saturated carbocycles. The highest BCUT2D eigenvalue weighted by Gasteiger charge is 2.31. The number of carbonyl (C=O) groups excluding carboxylic acids is 1. The van der Waals surface area contributed by atoms with Crippen molar-refractivity contribution in [2.75, 3.05) is 6.54 Å². The first-order valence-corrected chi connectivity index (χ1v) is 11.1. The number of amides is 1. The summed E-state index contributed by atoms with van der Waals surface area (Å²) in [5.74, 6) is -0.591. The molecule has 3 rings (SSSR count). The van der Waals surface area contributed by atoms with Gasteiger partial charge in [0, 0.05) is 35.1 Å². The Hall–Kier alpha value is -2.95. The zero-order valence-electron chi connectivity index (χ0n) is 16.4. The van der Waals surface area contributed by atoms with Crippen LogP contribution < -0.4 is 10.0 Å². The Morgan fingerprint density at radius 2 is 1.78 bits per heavy atom. The van der Waals surface area contributed by atoms with E-state index < -0.39 is 34.2 Å². The summed E-state index contributed by atoms with van der Waals surface area (Å²) in [4.78, 5) is 15.7. The Labute approximate surface area is 187 Å². The lowest BCUT2D eigenvalue weighted by atomic mass is 10.0. The maximum absolute atomic E-state index is 13.1. The number of carbonyl (C=O) groups is 1. The molecule has 1 heterocycles. The largest absolute Gasteiger partial charge is 0.416 e. The Balaban J connectivity index is 1.81. The van der Waals surface area contributed by atoms with Crippen molar-refractivity contribution in [2.45, 2.75) is 17.6 Å². The molecule has 11 heteroatoms. The Bertz CT molecular complexity index is 1220. The van der Waals surface area contributed by atoms with Gasteiger partial charge in [-0.3, -0.25) is 9.78 Å². The van der Waals surface area contributed by atoms with Crippen LogP contribution in [0.4, 0.5) is 13.2 Å². The number of aromatic nitrogens is 1. The summed E-state index contributed by atoms with van der Waals surface area (Å²) >= 11 is 6.08. The molecule has 0 radical (unpaired) electrons. The second-order valence-electron chi connectivity index (χ2n) is 6.65. The van der Waals surface area contributed by atoms with Gasteiger partial charge < -0.3 is 5.32 Å². The molecule has 1 amide bonds. The van der Waals surface area contributed by atoms with Gasteiger partial charge in [-0.2, -0.15) is 13.2 Å². The number of nitrogens with one attached hydrogen (secondary N) is 2. The van der Waals surface area contributed by atoms with Gasteiger partial charge >= 0.3 is 6.18 Å². The molecular weight excluding hydrogens is 467 g/mol. The molecule has 0 aliphatic carbocycles.